The number of nitrogens with zero attached hydrogens (tertiary/aromatic N) is 2. The summed E-state index contributed by atoms with van der Waals surface area (Å²) in [6.07, 6.45) is 4.53. The minimum atomic E-state index is -4.00. The lowest BCUT2D eigenvalue weighted by molar-refractivity contribution is -0.136. The van der Waals surface area contributed by atoms with Crippen molar-refractivity contribution in [1.29, 1.82) is 0 Å². The van der Waals surface area contributed by atoms with E-state index in [0.29, 0.717) is 35.9 Å². The third-order valence-electron chi connectivity index (χ3n) is 7.28. The highest BCUT2D eigenvalue weighted by atomic mass is 35.5. The van der Waals surface area contributed by atoms with Gasteiger partial charge in [-0.2, -0.15) is 4.31 Å². The number of rotatable bonds is 9. The van der Waals surface area contributed by atoms with Crippen LogP contribution in [0.5, 0.6) is 17.2 Å². The van der Waals surface area contributed by atoms with Gasteiger partial charge in [-0.1, -0.05) is 23.2 Å². The molecule has 2 aromatic rings. The largest absolute Gasteiger partial charge is 0.495 e. The van der Waals surface area contributed by atoms with Crippen molar-refractivity contribution in [2.75, 3.05) is 47.0 Å². The van der Waals surface area contributed by atoms with Gasteiger partial charge in [0.1, 0.15) is 22.1 Å². The number of piperidine rings is 2. The van der Waals surface area contributed by atoms with Gasteiger partial charge in [0.2, 0.25) is 15.9 Å². The van der Waals surface area contributed by atoms with E-state index in [2.05, 4.69) is 0 Å². The molecule has 38 heavy (non-hydrogen) atoms. The van der Waals surface area contributed by atoms with E-state index in [-0.39, 0.29) is 41.1 Å². The van der Waals surface area contributed by atoms with Gasteiger partial charge in [-0.05, 0) is 62.4 Å². The van der Waals surface area contributed by atoms with Gasteiger partial charge in [0, 0.05) is 49.1 Å². The van der Waals surface area contributed by atoms with Gasteiger partial charge < -0.3 is 19.1 Å². The molecule has 208 valence electrons. The number of hydrogen-bond acceptors (Lipinski definition) is 6. The molecule has 8 nitrogen and oxygen atoms in total. The second-order valence-electron chi connectivity index (χ2n) is 9.94. The molecule has 2 saturated heterocycles. The van der Waals surface area contributed by atoms with Gasteiger partial charge in [-0.15, -0.1) is 0 Å². The molecule has 4 rings (SSSR count). The zero-order chi connectivity index (χ0) is 27.3. The predicted molar refractivity (Wildman–Crippen MR) is 147 cm³/mol. The van der Waals surface area contributed by atoms with Crippen LogP contribution in [0.25, 0.3) is 0 Å². The van der Waals surface area contributed by atoms with Gasteiger partial charge in [0.15, 0.2) is 0 Å². The normalized spacial score (nSPS) is 20.7. The molecule has 2 heterocycles. The number of halogens is 2. The summed E-state index contributed by atoms with van der Waals surface area (Å²) in [6, 6.07) is 9.83. The molecular weight excluding hydrogens is 551 g/mol. The van der Waals surface area contributed by atoms with Crippen LogP contribution in [-0.2, 0) is 14.8 Å². The highest BCUT2D eigenvalue weighted by Gasteiger charge is 2.44. The monoisotopic (exact) mass is 584 g/mol. The van der Waals surface area contributed by atoms with Crippen molar-refractivity contribution in [2.24, 2.45) is 5.41 Å². The van der Waals surface area contributed by atoms with Crippen molar-refractivity contribution in [2.45, 2.75) is 43.4 Å². The Hall–Kier alpha value is -2.20. The van der Waals surface area contributed by atoms with Crippen molar-refractivity contribution in [3.05, 3.63) is 46.4 Å². The summed E-state index contributed by atoms with van der Waals surface area (Å²) < 4.78 is 46.0. The Labute approximate surface area is 234 Å². The molecular formula is C27H34Cl2N2O6S. The van der Waals surface area contributed by atoms with Crippen LogP contribution in [0.1, 0.15) is 38.5 Å². The topological polar surface area (TPSA) is 85.4 Å². The number of carbonyl (C=O) groups is 1. The zero-order valence-electron chi connectivity index (χ0n) is 21.8. The quantitative estimate of drug-likeness (QED) is 0.399. The summed E-state index contributed by atoms with van der Waals surface area (Å²) in [6.45, 7) is 2.11. The van der Waals surface area contributed by atoms with E-state index in [0.717, 1.165) is 32.4 Å². The van der Waals surface area contributed by atoms with E-state index in [1.54, 1.807) is 24.3 Å². The molecule has 2 aliphatic heterocycles. The molecule has 0 unspecified atom stereocenters. The highest BCUT2D eigenvalue weighted by Crippen LogP contribution is 2.41. The Morgan fingerprint density at radius 1 is 0.947 bits per heavy atom. The molecule has 2 fully saturated rings. The van der Waals surface area contributed by atoms with E-state index in [9.17, 15) is 13.2 Å². The summed E-state index contributed by atoms with van der Waals surface area (Å²) >= 11 is 12.3. The molecule has 0 radical (unpaired) electrons. The SMILES string of the molecule is COc1cc(OC)c(S(=O)(=O)N2CCC[C@](COc3ccc(Cl)cc3)(CC(=O)N3CCCCC3)C2)cc1Cl. The van der Waals surface area contributed by atoms with E-state index in [4.69, 9.17) is 37.4 Å². The molecule has 1 atom stereocenters. The maximum atomic E-state index is 13.9. The number of amides is 1. The fourth-order valence-corrected chi connectivity index (χ4v) is 7.38. The van der Waals surface area contributed by atoms with E-state index >= 15 is 0 Å². The Morgan fingerprint density at radius 2 is 1.63 bits per heavy atom. The lowest BCUT2D eigenvalue weighted by Gasteiger charge is -2.42. The smallest absolute Gasteiger partial charge is 0.246 e. The lowest BCUT2D eigenvalue weighted by Crippen LogP contribution is -2.51. The predicted octanol–water partition coefficient (Wildman–Crippen LogP) is 5.26. The number of hydrogen-bond donors (Lipinski definition) is 0. The standard InChI is InChI=1S/C27H34Cl2N2O6S/c1-35-23-16-24(36-2)25(15-22(23)29)38(33,34)31-14-6-11-27(18-31,17-26(32)30-12-4-3-5-13-30)19-37-21-9-7-20(28)8-10-21/h7-10,15-16H,3-6,11-14,17-19H2,1-2H3/t27-/m0/s1. The first-order chi connectivity index (χ1) is 18.2. The Bertz CT molecular complexity index is 1230. The number of ether oxygens (including phenoxy) is 3. The molecule has 1 amide bonds. The van der Waals surface area contributed by atoms with Crippen LogP contribution in [0.15, 0.2) is 41.3 Å². The number of carbonyl (C=O) groups excluding carboxylic acids is 1. The Balaban J connectivity index is 1.63. The molecule has 0 saturated carbocycles. The van der Waals surface area contributed by atoms with Gasteiger partial charge >= 0.3 is 0 Å². The maximum absolute atomic E-state index is 13.9. The molecule has 0 N–H and O–H groups in total. The highest BCUT2D eigenvalue weighted by molar-refractivity contribution is 7.89. The molecule has 2 aromatic carbocycles. The van der Waals surface area contributed by atoms with Crippen LogP contribution in [0.2, 0.25) is 10.0 Å². The third-order valence-corrected chi connectivity index (χ3v) is 9.69. The lowest BCUT2D eigenvalue weighted by atomic mass is 9.78. The van der Waals surface area contributed by atoms with Crippen molar-refractivity contribution in [3.63, 3.8) is 0 Å². The molecule has 2 aliphatic rings. The van der Waals surface area contributed by atoms with Gasteiger partial charge in [0.25, 0.3) is 0 Å². The van der Waals surface area contributed by atoms with Crippen molar-refractivity contribution < 1.29 is 27.4 Å². The Morgan fingerprint density at radius 3 is 2.29 bits per heavy atom. The van der Waals surface area contributed by atoms with Crippen molar-refractivity contribution in [1.82, 2.24) is 9.21 Å². The van der Waals surface area contributed by atoms with Crippen LogP contribution in [0.4, 0.5) is 0 Å². The Kier molecular flexibility index (Phi) is 9.34. The zero-order valence-corrected chi connectivity index (χ0v) is 24.1. The summed E-state index contributed by atoms with van der Waals surface area (Å²) in [7, 11) is -1.15. The fraction of sp³-hybridized carbons (Fsp3) is 0.519. The van der Waals surface area contributed by atoms with Crippen LogP contribution in [0, 0.1) is 5.41 Å². The van der Waals surface area contributed by atoms with Crippen molar-refractivity contribution >= 4 is 39.1 Å². The van der Waals surface area contributed by atoms with Crippen molar-refractivity contribution in [3.8, 4) is 17.2 Å². The molecule has 11 heteroatoms. The number of methoxy groups -OCH3 is 2. The average Bonchev–Trinajstić information content (AvgIpc) is 2.93. The number of benzene rings is 2. The molecule has 0 aliphatic carbocycles. The first-order valence-corrected chi connectivity index (χ1v) is 14.9. The van der Waals surface area contributed by atoms with E-state index in [1.807, 2.05) is 4.90 Å². The average molecular weight is 586 g/mol. The van der Waals surface area contributed by atoms with Crippen LogP contribution in [-0.4, -0.2) is 70.5 Å². The van der Waals surface area contributed by atoms with Gasteiger partial charge in [0.05, 0.1) is 25.8 Å². The summed E-state index contributed by atoms with van der Waals surface area (Å²) in [4.78, 5) is 15.3. The van der Waals surface area contributed by atoms with E-state index in [1.165, 1.54) is 30.7 Å². The minimum absolute atomic E-state index is 0.0359. The second kappa shape index (κ2) is 12.3. The first kappa shape index (κ1) is 28.8. The third kappa shape index (κ3) is 6.50. The molecule has 0 spiro atoms. The van der Waals surface area contributed by atoms with E-state index < -0.39 is 15.4 Å². The minimum Gasteiger partial charge on any atom is -0.495 e. The maximum Gasteiger partial charge on any atom is 0.246 e. The van der Waals surface area contributed by atoms with Gasteiger partial charge in [-0.3, -0.25) is 4.79 Å². The second-order valence-corrected chi connectivity index (χ2v) is 12.7. The van der Waals surface area contributed by atoms with Crippen LogP contribution >= 0.6 is 23.2 Å². The van der Waals surface area contributed by atoms with Crippen LogP contribution < -0.4 is 14.2 Å². The fourth-order valence-electron chi connectivity index (χ4n) is 5.20. The van der Waals surface area contributed by atoms with Gasteiger partial charge in [-0.25, -0.2) is 8.42 Å². The summed E-state index contributed by atoms with van der Waals surface area (Å²) in [5, 5.41) is 0.760. The van der Waals surface area contributed by atoms with Crippen LogP contribution in [0.3, 0.4) is 0 Å². The molecule has 0 bridgehead atoms. The number of likely N-dealkylation sites (tertiary alicyclic amines) is 1. The first-order valence-electron chi connectivity index (χ1n) is 12.8. The summed E-state index contributed by atoms with van der Waals surface area (Å²) in [5.74, 6) is 1.11. The molecule has 0 aromatic heterocycles. The summed E-state index contributed by atoms with van der Waals surface area (Å²) in [5.41, 5.74) is -0.705. The number of sulfonamides is 1.